The molecule has 0 radical (unpaired) electrons. The molecule has 184 valence electrons. The first kappa shape index (κ1) is 34.6. The normalized spacial score (nSPS) is 10.2. The van der Waals surface area contributed by atoms with Crippen molar-refractivity contribution in [2.45, 2.75) is 65.3 Å². The van der Waals surface area contributed by atoms with Gasteiger partial charge in [0.1, 0.15) is 12.4 Å². The maximum Gasteiger partial charge on any atom is 0.326 e. The fourth-order valence-corrected chi connectivity index (χ4v) is 1.92. The largest absolute Gasteiger partial charge is 0.333 e. The van der Waals surface area contributed by atoms with Gasteiger partial charge < -0.3 is 10.6 Å². The van der Waals surface area contributed by atoms with Gasteiger partial charge in [-0.05, 0) is 74.2 Å². The Bertz CT molecular complexity index is 559. The summed E-state index contributed by atoms with van der Waals surface area (Å²) in [6, 6.07) is 4.01. The van der Waals surface area contributed by atoms with Gasteiger partial charge in [-0.3, -0.25) is 9.63 Å². The van der Waals surface area contributed by atoms with Crippen molar-refractivity contribution in [2.75, 3.05) is 33.8 Å². The predicted octanol–water partition coefficient (Wildman–Crippen LogP) is 5.77. The Morgan fingerprint density at radius 2 is 1.77 bits per heavy atom. The minimum absolute atomic E-state index is 0.00772. The number of hydrogen-bond donors (Lipinski definition) is 2. The maximum absolute atomic E-state index is 13.4. The van der Waals surface area contributed by atoms with Crippen LogP contribution in [0.4, 0.5) is 13.2 Å². The number of unbranched alkanes of at least 4 members (excludes halogenated alkanes) is 1. The van der Waals surface area contributed by atoms with Gasteiger partial charge in [-0.25, -0.2) is 4.39 Å². The SMILES string of the molecule is CC(=O)c1ccc(CNOCC(F)(F)Br)cc1F.CCC.CCCCN(C)CC.CN. The van der Waals surface area contributed by atoms with E-state index in [1.807, 2.05) is 0 Å². The first-order valence-electron chi connectivity index (χ1n) is 10.5. The van der Waals surface area contributed by atoms with E-state index in [0.29, 0.717) is 5.56 Å². The minimum Gasteiger partial charge on any atom is -0.333 e. The van der Waals surface area contributed by atoms with E-state index in [-0.39, 0.29) is 17.9 Å². The molecule has 0 saturated heterocycles. The molecule has 0 amide bonds. The second-order valence-electron chi connectivity index (χ2n) is 6.55. The number of nitrogens with two attached hydrogens (primary N) is 1. The van der Waals surface area contributed by atoms with Crippen molar-refractivity contribution in [1.29, 1.82) is 0 Å². The van der Waals surface area contributed by atoms with E-state index in [1.165, 1.54) is 58.5 Å². The number of nitrogens with zero attached hydrogens (tertiary/aromatic N) is 1. The molecular weight excluding hydrogens is 475 g/mol. The summed E-state index contributed by atoms with van der Waals surface area (Å²) in [5, 5.41) is 0. The molecule has 9 heteroatoms. The van der Waals surface area contributed by atoms with Gasteiger partial charge >= 0.3 is 4.83 Å². The highest BCUT2D eigenvalue weighted by Gasteiger charge is 2.24. The molecule has 3 N–H and O–H groups in total. The number of alkyl halides is 3. The summed E-state index contributed by atoms with van der Waals surface area (Å²) in [5.74, 6) is -1.02. The molecular formula is C22H41BrF3N3O2. The van der Waals surface area contributed by atoms with Crippen molar-refractivity contribution in [3.05, 3.63) is 35.1 Å². The van der Waals surface area contributed by atoms with Crippen LogP contribution < -0.4 is 11.2 Å². The molecule has 0 bridgehead atoms. The number of ketones is 1. The lowest BCUT2D eigenvalue weighted by Crippen LogP contribution is -2.23. The third-order valence-electron chi connectivity index (χ3n) is 3.46. The summed E-state index contributed by atoms with van der Waals surface area (Å²) >= 11 is 2.11. The summed E-state index contributed by atoms with van der Waals surface area (Å²) in [6.07, 6.45) is 3.90. The lowest BCUT2D eigenvalue weighted by molar-refractivity contribution is -0.0504. The van der Waals surface area contributed by atoms with Crippen LogP contribution in [0.15, 0.2) is 18.2 Å². The van der Waals surface area contributed by atoms with Crippen LogP contribution in [0.3, 0.4) is 0 Å². The minimum atomic E-state index is -3.11. The Morgan fingerprint density at radius 1 is 1.23 bits per heavy atom. The highest BCUT2D eigenvalue weighted by Crippen LogP contribution is 2.20. The van der Waals surface area contributed by atoms with E-state index in [0.717, 1.165) is 6.07 Å². The molecule has 0 aromatic heterocycles. The molecule has 31 heavy (non-hydrogen) atoms. The van der Waals surface area contributed by atoms with Gasteiger partial charge in [-0.15, -0.1) is 0 Å². The van der Waals surface area contributed by atoms with E-state index in [9.17, 15) is 18.0 Å². The molecule has 0 atom stereocenters. The summed E-state index contributed by atoms with van der Waals surface area (Å²) < 4.78 is 38.0. The number of benzene rings is 1. The standard InChI is InChI=1S/C11H11BrF3NO2.C7H17N.C3H8.CH5N/c1-7(17)9-3-2-8(4-10(9)13)5-16-18-6-11(12,14)15;1-4-6-7-8(3)5-2;1-3-2;1-2/h2-4,16H,5-6H2,1H3;4-7H2,1-3H3;3H2,1-2H3;2H2,1H3. The molecule has 0 aliphatic heterocycles. The molecule has 0 aliphatic carbocycles. The zero-order valence-electron chi connectivity index (χ0n) is 20.0. The average molecular weight is 516 g/mol. The van der Waals surface area contributed by atoms with Gasteiger partial charge in [-0.2, -0.15) is 14.3 Å². The molecule has 0 fully saturated rings. The second-order valence-corrected chi connectivity index (χ2v) is 7.71. The monoisotopic (exact) mass is 515 g/mol. The molecule has 1 aromatic carbocycles. The summed E-state index contributed by atoms with van der Waals surface area (Å²) in [4.78, 5) is 14.7. The van der Waals surface area contributed by atoms with E-state index in [2.05, 4.69) is 71.6 Å². The van der Waals surface area contributed by atoms with Gasteiger partial charge in [0, 0.05) is 6.54 Å². The maximum atomic E-state index is 13.4. The molecule has 0 saturated carbocycles. The number of hydroxylamine groups is 1. The Hall–Kier alpha value is -1.00. The van der Waals surface area contributed by atoms with Gasteiger partial charge in [0.05, 0.1) is 5.56 Å². The van der Waals surface area contributed by atoms with Crippen LogP contribution in [0.2, 0.25) is 0 Å². The number of carbonyl (C=O) groups is 1. The first-order chi connectivity index (χ1) is 14.5. The number of Topliss-reactive ketones (excluding diaryl/α,β-unsaturated/α-hetero) is 1. The highest BCUT2D eigenvalue weighted by atomic mass is 79.9. The number of carbonyl (C=O) groups excluding carboxylic acids is 1. The third kappa shape index (κ3) is 23.5. The van der Waals surface area contributed by atoms with E-state index in [1.54, 1.807) is 0 Å². The van der Waals surface area contributed by atoms with Crippen LogP contribution in [0.5, 0.6) is 0 Å². The van der Waals surface area contributed by atoms with E-state index >= 15 is 0 Å². The Balaban J connectivity index is -0.000000503. The molecule has 1 aromatic rings. The van der Waals surface area contributed by atoms with Crippen molar-refractivity contribution >= 4 is 21.7 Å². The predicted molar refractivity (Wildman–Crippen MR) is 127 cm³/mol. The van der Waals surface area contributed by atoms with Crippen LogP contribution in [0.1, 0.15) is 69.8 Å². The van der Waals surface area contributed by atoms with E-state index < -0.39 is 17.3 Å². The Kier molecular flexibility index (Phi) is 24.8. The molecule has 5 nitrogen and oxygen atoms in total. The van der Waals surface area contributed by atoms with Gasteiger partial charge in [0.25, 0.3) is 0 Å². The van der Waals surface area contributed by atoms with Gasteiger partial charge in [0.15, 0.2) is 5.78 Å². The van der Waals surface area contributed by atoms with Crippen molar-refractivity contribution in [3.8, 4) is 0 Å². The number of hydrogen-bond acceptors (Lipinski definition) is 5. The molecule has 1 rings (SSSR count). The second kappa shape index (κ2) is 22.2. The number of halogens is 4. The van der Waals surface area contributed by atoms with Crippen LogP contribution in [-0.2, 0) is 11.4 Å². The molecule has 0 unspecified atom stereocenters. The lowest BCUT2D eigenvalue weighted by atomic mass is 10.1. The van der Waals surface area contributed by atoms with E-state index in [4.69, 9.17) is 0 Å². The number of nitrogens with one attached hydrogen (secondary N) is 1. The highest BCUT2D eigenvalue weighted by molar-refractivity contribution is 9.10. The van der Waals surface area contributed by atoms with Crippen molar-refractivity contribution in [2.24, 2.45) is 5.73 Å². The Morgan fingerprint density at radius 3 is 2.16 bits per heavy atom. The average Bonchev–Trinajstić information content (AvgIpc) is 2.71. The summed E-state index contributed by atoms with van der Waals surface area (Å²) in [7, 11) is 3.66. The van der Waals surface area contributed by atoms with Crippen LogP contribution in [0, 0.1) is 5.82 Å². The van der Waals surface area contributed by atoms with Gasteiger partial charge in [-0.1, -0.05) is 46.6 Å². The number of rotatable bonds is 10. The fraction of sp³-hybridized carbons (Fsp3) is 0.682. The first-order valence-corrected chi connectivity index (χ1v) is 11.3. The molecule has 0 aliphatic rings. The molecule has 0 heterocycles. The molecule has 0 spiro atoms. The van der Waals surface area contributed by atoms with Crippen molar-refractivity contribution in [1.82, 2.24) is 10.4 Å². The zero-order chi connectivity index (χ0) is 24.9. The smallest absolute Gasteiger partial charge is 0.326 e. The fourth-order valence-electron chi connectivity index (χ4n) is 1.81. The third-order valence-corrected chi connectivity index (χ3v) is 3.69. The lowest BCUT2D eigenvalue weighted by Gasteiger charge is -2.11. The van der Waals surface area contributed by atoms with Crippen molar-refractivity contribution < 1.29 is 22.8 Å². The van der Waals surface area contributed by atoms with Crippen LogP contribution >= 0.6 is 15.9 Å². The van der Waals surface area contributed by atoms with Crippen molar-refractivity contribution in [3.63, 3.8) is 0 Å². The van der Waals surface area contributed by atoms with Crippen LogP contribution in [-0.4, -0.2) is 49.3 Å². The topological polar surface area (TPSA) is 67.6 Å². The quantitative estimate of drug-likeness (QED) is 0.179. The van der Waals surface area contributed by atoms with Crippen LogP contribution in [0.25, 0.3) is 0 Å². The summed E-state index contributed by atoms with van der Waals surface area (Å²) in [6.45, 7) is 11.6. The summed E-state index contributed by atoms with van der Waals surface area (Å²) in [5.41, 5.74) is 7.25. The zero-order valence-corrected chi connectivity index (χ0v) is 21.6. The van der Waals surface area contributed by atoms with Gasteiger partial charge in [0.2, 0.25) is 0 Å². The Labute approximate surface area is 195 Å².